The second kappa shape index (κ2) is 6.37. The van der Waals surface area contributed by atoms with Crippen LogP contribution >= 0.6 is 11.6 Å². The van der Waals surface area contributed by atoms with E-state index in [1.807, 2.05) is 6.07 Å². The second-order valence-corrected chi connectivity index (χ2v) is 5.64. The van der Waals surface area contributed by atoms with Gasteiger partial charge in [0.05, 0.1) is 0 Å². The number of rotatable bonds is 7. The highest BCUT2D eigenvalue weighted by molar-refractivity contribution is 6.29. The molecule has 0 radical (unpaired) electrons. The Morgan fingerprint density at radius 1 is 1.39 bits per heavy atom. The van der Waals surface area contributed by atoms with Crippen LogP contribution in [0.4, 0.5) is 5.82 Å². The Bertz CT molecular complexity index is 391. The molecule has 1 fully saturated rings. The number of halogens is 1. The first kappa shape index (κ1) is 13.6. The lowest BCUT2D eigenvalue weighted by Crippen LogP contribution is -2.16. The van der Waals surface area contributed by atoms with Crippen molar-refractivity contribution in [3.05, 3.63) is 17.0 Å². The third kappa shape index (κ3) is 4.13. The van der Waals surface area contributed by atoms with Gasteiger partial charge in [0.2, 0.25) is 0 Å². The lowest BCUT2D eigenvalue weighted by atomic mass is 10.1. The van der Waals surface area contributed by atoms with E-state index in [1.165, 1.54) is 38.5 Å². The van der Waals surface area contributed by atoms with E-state index in [1.54, 1.807) is 0 Å². The summed E-state index contributed by atoms with van der Waals surface area (Å²) in [5.74, 6) is 2.33. The average Bonchev–Trinajstić information content (AvgIpc) is 3.12. The van der Waals surface area contributed by atoms with Crippen molar-refractivity contribution in [3.8, 4) is 0 Å². The van der Waals surface area contributed by atoms with E-state index in [4.69, 9.17) is 11.6 Å². The van der Waals surface area contributed by atoms with Crippen LogP contribution in [0.15, 0.2) is 6.07 Å². The third-order valence-electron chi connectivity index (χ3n) is 3.29. The zero-order chi connectivity index (χ0) is 13.0. The van der Waals surface area contributed by atoms with Gasteiger partial charge in [0, 0.05) is 18.0 Å². The smallest absolute Gasteiger partial charge is 0.135 e. The summed E-state index contributed by atoms with van der Waals surface area (Å²) in [5.41, 5.74) is 0. The monoisotopic (exact) mass is 267 g/mol. The van der Waals surface area contributed by atoms with Gasteiger partial charge in [-0.25, -0.2) is 9.97 Å². The Kier molecular flexibility index (Phi) is 4.81. The van der Waals surface area contributed by atoms with Gasteiger partial charge in [-0.3, -0.25) is 0 Å². The molecule has 100 valence electrons. The first-order valence-corrected chi connectivity index (χ1v) is 7.38. The van der Waals surface area contributed by atoms with Gasteiger partial charge < -0.3 is 5.32 Å². The van der Waals surface area contributed by atoms with Gasteiger partial charge in [0.15, 0.2) is 0 Å². The van der Waals surface area contributed by atoms with Crippen molar-refractivity contribution in [2.24, 2.45) is 0 Å². The summed E-state index contributed by atoms with van der Waals surface area (Å²) in [6.07, 6.45) is 7.40. The van der Waals surface area contributed by atoms with Crippen LogP contribution in [0.5, 0.6) is 0 Å². The molecule has 1 atom stereocenters. The summed E-state index contributed by atoms with van der Waals surface area (Å²) in [6.45, 7) is 4.42. The van der Waals surface area contributed by atoms with E-state index >= 15 is 0 Å². The molecule has 1 saturated carbocycles. The first-order chi connectivity index (χ1) is 8.69. The van der Waals surface area contributed by atoms with Crippen LogP contribution in [0, 0.1) is 0 Å². The summed E-state index contributed by atoms with van der Waals surface area (Å²) in [5, 5.41) is 3.98. The molecule has 1 heterocycles. The molecular formula is C14H22ClN3. The van der Waals surface area contributed by atoms with Crippen LogP contribution in [0.1, 0.15) is 64.1 Å². The molecule has 0 bridgehead atoms. The van der Waals surface area contributed by atoms with Gasteiger partial charge in [-0.1, -0.05) is 37.8 Å². The maximum Gasteiger partial charge on any atom is 0.135 e. The summed E-state index contributed by atoms with van der Waals surface area (Å²) in [7, 11) is 0. The summed E-state index contributed by atoms with van der Waals surface area (Å²) in [6, 6.07) is 2.26. The third-order valence-corrected chi connectivity index (χ3v) is 3.48. The van der Waals surface area contributed by atoms with Crippen molar-refractivity contribution >= 4 is 17.4 Å². The van der Waals surface area contributed by atoms with Gasteiger partial charge in [0.25, 0.3) is 0 Å². The fourth-order valence-corrected chi connectivity index (χ4v) is 2.25. The maximum atomic E-state index is 6.04. The Balaban J connectivity index is 1.91. The van der Waals surface area contributed by atoms with Gasteiger partial charge in [-0.05, 0) is 26.2 Å². The number of nitrogens with zero attached hydrogens (tertiary/aromatic N) is 2. The topological polar surface area (TPSA) is 37.8 Å². The van der Waals surface area contributed by atoms with Crippen LogP contribution in [0.25, 0.3) is 0 Å². The lowest BCUT2D eigenvalue weighted by molar-refractivity contribution is 0.613. The van der Waals surface area contributed by atoms with E-state index in [-0.39, 0.29) is 0 Å². The minimum absolute atomic E-state index is 0.439. The van der Waals surface area contributed by atoms with Crippen LogP contribution in [-0.2, 0) is 0 Å². The fourth-order valence-electron chi connectivity index (χ4n) is 2.06. The normalized spacial score (nSPS) is 16.6. The molecule has 0 amide bonds. The number of aromatic nitrogens is 2. The minimum Gasteiger partial charge on any atom is -0.367 e. The number of unbranched alkanes of at least 4 members (excludes halogenated alkanes) is 2. The molecule has 3 nitrogen and oxygen atoms in total. The highest BCUT2D eigenvalue weighted by Crippen LogP contribution is 2.38. The van der Waals surface area contributed by atoms with Gasteiger partial charge in [0.1, 0.15) is 16.8 Å². The number of anilines is 1. The van der Waals surface area contributed by atoms with Crippen LogP contribution in [0.2, 0.25) is 5.15 Å². The molecule has 1 aliphatic carbocycles. The zero-order valence-electron chi connectivity index (χ0n) is 11.2. The van der Waals surface area contributed by atoms with E-state index in [2.05, 4.69) is 29.1 Å². The number of nitrogens with one attached hydrogen (secondary N) is 1. The largest absolute Gasteiger partial charge is 0.367 e. The average molecular weight is 268 g/mol. The van der Waals surface area contributed by atoms with E-state index < -0.39 is 0 Å². The van der Waals surface area contributed by atoms with Crippen LogP contribution in [-0.4, -0.2) is 16.0 Å². The molecular weight excluding hydrogens is 246 g/mol. The van der Waals surface area contributed by atoms with E-state index in [0.29, 0.717) is 17.1 Å². The second-order valence-electron chi connectivity index (χ2n) is 5.25. The van der Waals surface area contributed by atoms with Crippen molar-refractivity contribution in [2.45, 2.75) is 64.3 Å². The van der Waals surface area contributed by atoms with Crippen molar-refractivity contribution < 1.29 is 0 Å². The van der Waals surface area contributed by atoms with Crippen LogP contribution in [0.3, 0.4) is 0 Å². The summed E-state index contributed by atoms with van der Waals surface area (Å²) >= 11 is 6.04. The molecule has 0 aromatic carbocycles. The van der Waals surface area contributed by atoms with E-state index in [9.17, 15) is 0 Å². The Morgan fingerprint density at radius 3 is 2.83 bits per heavy atom. The predicted molar refractivity (Wildman–Crippen MR) is 76.2 cm³/mol. The molecule has 0 spiro atoms. The van der Waals surface area contributed by atoms with Gasteiger partial charge in [-0.15, -0.1) is 0 Å². The molecule has 1 aliphatic rings. The van der Waals surface area contributed by atoms with Crippen molar-refractivity contribution in [1.29, 1.82) is 0 Å². The Hall–Kier alpha value is -0.830. The first-order valence-electron chi connectivity index (χ1n) is 7.00. The molecule has 1 N–H and O–H groups in total. The van der Waals surface area contributed by atoms with Crippen molar-refractivity contribution in [2.75, 3.05) is 5.32 Å². The van der Waals surface area contributed by atoms with Crippen molar-refractivity contribution in [3.63, 3.8) is 0 Å². The Morgan fingerprint density at radius 2 is 2.17 bits per heavy atom. The van der Waals surface area contributed by atoms with Crippen molar-refractivity contribution in [1.82, 2.24) is 9.97 Å². The highest BCUT2D eigenvalue weighted by Gasteiger charge is 2.27. The quantitative estimate of drug-likeness (QED) is 0.588. The molecule has 1 aromatic rings. The van der Waals surface area contributed by atoms with E-state index in [0.717, 1.165) is 11.6 Å². The molecule has 1 unspecified atom stereocenters. The minimum atomic E-state index is 0.439. The fraction of sp³-hybridized carbons (Fsp3) is 0.714. The molecule has 1 aromatic heterocycles. The summed E-state index contributed by atoms with van der Waals surface area (Å²) < 4.78 is 0. The van der Waals surface area contributed by atoms with Crippen LogP contribution < -0.4 is 5.32 Å². The molecule has 2 rings (SSSR count). The maximum absolute atomic E-state index is 6.04. The molecule has 0 aliphatic heterocycles. The Labute approximate surface area is 114 Å². The summed E-state index contributed by atoms with van der Waals surface area (Å²) in [4.78, 5) is 8.85. The predicted octanol–water partition coefficient (Wildman–Crippen LogP) is 4.39. The number of hydrogen-bond donors (Lipinski definition) is 1. The van der Waals surface area contributed by atoms with Gasteiger partial charge in [-0.2, -0.15) is 0 Å². The molecule has 0 saturated heterocycles. The standard InChI is InChI=1S/C14H22ClN3/c1-3-4-5-6-10(2)16-13-9-12(15)17-14(18-13)11-7-8-11/h9-11H,3-8H2,1-2H3,(H,16,17,18). The molecule has 18 heavy (non-hydrogen) atoms. The number of hydrogen-bond acceptors (Lipinski definition) is 3. The highest BCUT2D eigenvalue weighted by atomic mass is 35.5. The van der Waals surface area contributed by atoms with Gasteiger partial charge >= 0.3 is 0 Å². The SMILES string of the molecule is CCCCCC(C)Nc1cc(Cl)nc(C2CC2)n1. The molecule has 4 heteroatoms. The lowest BCUT2D eigenvalue weighted by Gasteiger charge is -2.15. The zero-order valence-corrected chi connectivity index (χ0v) is 12.0.